The number of aliphatic hydroxyl groups excluding tert-OH is 1. The van der Waals surface area contributed by atoms with Crippen LogP contribution < -0.4 is 5.32 Å². The van der Waals surface area contributed by atoms with Gasteiger partial charge in [-0.2, -0.15) is 5.10 Å². The Kier molecular flexibility index (Phi) is 2.38. The fourth-order valence-corrected chi connectivity index (χ4v) is 2.14. The van der Waals surface area contributed by atoms with Crippen molar-refractivity contribution in [1.29, 1.82) is 0 Å². The third-order valence-electron chi connectivity index (χ3n) is 3.48. The quantitative estimate of drug-likeness (QED) is 0.739. The summed E-state index contributed by atoms with van der Waals surface area (Å²) in [6.45, 7) is 2.25. The second kappa shape index (κ2) is 3.78. The van der Waals surface area contributed by atoms with E-state index in [4.69, 9.17) is 0 Å². The molecule has 0 amide bonds. The maximum atomic E-state index is 9.55. The van der Waals surface area contributed by atoms with Crippen LogP contribution in [-0.2, 0) is 0 Å². The molecule has 0 radical (unpaired) electrons. The van der Waals surface area contributed by atoms with Gasteiger partial charge in [0, 0.05) is 22.7 Å². The van der Waals surface area contributed by atoms with Gasteiger partial charge in [0.05, 0.1) is 30.6 Å². The number of fused-ring (bicyclic) bond motifs is 1. The molecule has 3 rings (SSSR count). The summed E-state index contributed by atoms with van der Waals surface area (Å²) >= 11 is 0. The molecule has 5 nitrogen and oxygen atoms in total. The summed E-state index contributed by atoms with van der Waals surface area (Å²) in [6.07, 6.45) is 7.67. The molecule has 0 spiro atoms. The fourth-order valence-electron chi connectivity index (χ4n) is 2.14. The molecule has 2 aromatic heterocycles. The molecule has 3 N–H and O–H groups in total. The summed E-state index contributed by atoms with van der Waals surface area (Å²) in [7, 11) is 0. The lowest BCUT2D eigenvalue weighted by molar-refractivity contribution is 0.232. The zero-order valence-electron chi connectivity index (χ0n) is 9.77. The maximum Gasteiger partial charge on any atom is 0.0836 e. The van der Waals surface area contributed by atoms with Crippen LogP contribution in [0.1, 0.15) is 31.4 Å². The Morgan fingerprint density at radius 2 is 2.29 bits per heavy atom. The Labute approximate surface area is 99.3 Å². The van der Waals surface area contributed by atoms with Crippen LogP contribution in [0.4, 0.5) is 0 Å². The molecule has 5 heteroatoms. The third kappa shape index (κ3) is 1.92. The number of H-pyrrole nitrogens is 1. The van der Waals surface area contributed by atoms with Crippen LogP contribution in [0.25, 0.3) is 10.9 Å². The summed E-state index contributed by atoms with van der Waals surface area (Å²) in [5.41, 5.74) is 2.09. The van der Waals surface area contributed by atoms with Gasteiger partial charge in [-0.05, 0) is 19.8 Å². The van der Waals surface area contributed by atoms with Gasteiger partial charge in [-0.1, -0.05) is 0 Å². The summed E-state index contributed by atoms with van der Waals surface area (Å²) < 4.78 is 0. The second-order valence-corrected chi connectivity index (χ2v) is 5.00. The van der Waals surface area contributed by atoms with Crippen LogP contribution in [0.5, 0.6) is 0 Å². The molecular weight excluding hydrogens is 216 g/mol. The molecule has 1 unspecified atom stereocenters. The van der Waals surface area contributed by atoms with Crippen molar-refractivity contribution in [3.63, 3.8) is 0 Å². The van der Waals surface area contributed by atoms with Crippen molar-refractivity contribution in [2.24, 2.45) is 0 Å². The Morgan fingerprint density at radius 3 is 3.00 bits per heavy atom. The predicted octanol–water partition coefficient (Wildman–Crippen LogP) is 1.13. The van der Waals surface area contributed by atoms with E-state index in [-0.39, 0.29) is 18.2 Å². The molecule has 0 bridgehead atoms. The van der Waals surface area contributed by atoms with E-state index >= 15 is 0 Å². The van der Waals surface area contributed by atoms with E-state index in [1.54, 1.807) is 18.6 Å². The number of rotatable bonds is 4. The number of hydrogen-bond acceptors (Lipinski definition) is 4. The van der Waals surface area contributed by atoms with Gasteiger partial charge in [-0.25, -0.2) is 0 Å². The summed E-state index contributed by atoms with van der Waals surface area (Å²) in [6, 6.07) is -0.0729. The topological polar surface area (TPSA) is 73.8 Å². The van der Waals surface area contributed by atoms with Crippen molar-refractivity contribution in [3.05, 3.63) is 24.2 Å². The highest BCUT2D eigenvalue weighted by Crippen LogP contribution is 2.37. The molecule has 1 atom stereocenters. The van der Waals surface area contributed by atoms with Gasteiger partial charge in [0.25, 0.3) is 0 Å². The zero-order valence-corrected chi connectivity index (χ0v) is 9.77. The van der Waals surface area contributed by atoms with Gasteiger partial charge in [0.1, 0.15) is 0 Å². The van der Waals surface area contributed by atoms with Crippen LogP contribution >= 0.6 is 0 Å². The van der Waals surface area contributed by atoms with Gasteiger partial charge < -0.3 is 10.4 Å². The number of aliphatic hydroxyl groups is 1. The minimum Gasteiger partial charge on any atom is -0.394 e. The third-order valence-corrected chi connectivity index (χ3v) is 3.48. The van der Waals surface area contributed by atoms with Crippen molar-refractivity contribution < 1.29 is 5.11 Å². The smallest absolute Gasteiger partial charge is 0.0836 e. The molecule has 1 fully saturated rings. The highest BCUT2D eigenvalue weighted by Gasteiger charge is 2.39. The number of nitrogens with one attached hydrogen (secondary N) is 2. The van der Waals surface area contributed by atoms with Gasteiger partial charge in [0.15, 0.2) is 0 Å². The van der Waals surface area contributed by atoms with E-state index < -0.39 is 0 Å². The number of aromatic nitrogens is 3. The van der Waals surface area contributed by atoms with Crippen molar-refractivity contribution in [2.75, 3.05) is 6.61 Å². The van der Waals surface area contributed by atoms with Crippen molar-refractivity contribution in [2.45, 2.75) is 31.3 Å². The summed E-state index contributed by atoms with van der Waals surface area (Å²) in [5, 5.41) is 21.0. The molecule has 1 aliphatic carbocycles. The number of aromatic amines is 1. The first-order valence-corrected chi connectivity index (χ1v) is 5.87. The minimum atomic E-state index is -0.0729. The summed E-state index contributed by atoms with van der Waals surface area (Å²) in [5.74, 6) is 0. The van der Waals surface area contributed by atoms with E-state index in [2.05, 4.69) is 27.4 Å². The monoisotopic (exact) mass is 232 g/mol. The van der Waals surface area contributed by atoms with Crippen LogP contribution in [-0.4, -0.2) is 32.4 Å². The van der Waals surface area contributed by atoms with E-state index in [0.29, 0.717) is 0 Å². The number of pyridine rings is 1. The molecule has 0 aliphatic heterocycles. The average molecular weight is 232 g/mol. The van der Waals surface area contributed by atoms with Crippen molar-refractivity contribution >= 4 is 10.9 Å². The van der Waals surface area contributed by atoms with E-state index in [9.17, 15) is 5.11 Å². The molecule has 0 saturated heterocycles. The number of hydrogen-bond donors (Lipinski definition) is 3. The molecular formula is C12H16N4O. The van der Waals surface area contributed by atoms with Gasteiger partial charge in [0.2, 0.25) is 0 Å². The zero-order chi connectivity index (χ0) is 11.9. The lowest BCUT2D eigenvalue weighted by atomic mass is 10.1. The molecule has 0 aromatic carbocycles. The molecule has 17 heavy (non-hydrogen) atoms. The number of nitrogens with zero attached hydrogens (tertiary/aromatic N) is 2. The van der Waals surface area contributed by atoms with Crippen molar-refractivity contribution in [1.82, 2.24) is 20.5 Å². The minimum absolute atomic E-state index is 0.0710. The van der Waals surface area contributed by atoms with E-state index in [0.717, 1.165) is 29.3 Å². The van der Waals surface area contributed by atoms with E-state index in [1.807, 2.05) is 0 Å². The van der Waals surface area contributed by atoms with Gasteiger partial charge in [-0.15, -0.1) is 0 Å². The SMILES string of the molecule is CC1(NC(CO)c2cncc3[nH]ncc23)CC1. The maximum absolute atomic E-state index is 9.55. The lowest BCUT2D eigenvalue weighted by Gasteiger charge is -2.21. The Hall–Kier alpha value is -1.46. The largest absolute Gasteiger partial charge is 0.394 e. The summed E-state index contributed by atoms with van der Waals surface area (Å²) in [4.78, 5) is 4.18. The normalized spacial score (nSPS) is 19.4. The highest BCUT2D eigenvalue weighted by atomic mass is 16.3. The van der Waals surface area contributed by atoms with Crippen molar-refractivity contribution in [3.8, 4) is 0 Å². The molecule has 1 aliphatic rings. The Balaban J connectivity index is 1.97. The first-order valence-electron chi connectivity index (χ1n) is 5.87. The Bertz CT molecular complexity index is 532. The van der Waals surface area contributed by atoms with Crippen LogP contribution in [0.15, 0.2) is 18.6 Å². The van der Waals surface area contributed by atoms with Gasteiger partial charge in [-0.3, -0.25) is 10.1 Å². The molecule has 2 aromatic rings. The highest BCUT2D eigenvalue weighted by molar-refractivity contribution is 5.80. The van der Waals surface area contributed by atoms with Gasteiger partial charge >= 0.3 is 0 Å². The van der Waals surface area contributed by atoms with Crippen LogP contribution in [0, 0.1) is 0 Å². The fraction of sp³-hybridized carbons (Fsp3) is 0.500. The first-order chi connectivity index (χ1) is 8.22. The van der Waals surface area contributed by atoms with Crippen LogP contribution in [0.3, 0.4) is 0 Å². The van der Waals surface area contributed by atoms with Crippen LogP contribution in [0.2, 0.25) is 0 Å². The molecule has 2 heterocycles. The average Bonchev–Trinajstić information content (AvgIpc) is 2.89. The first kappa shape index (κ1) is 10.7. The second-order valence-electron chi connectivity index (χ2n) is 5.00. The standard InChI is InChI=1S/C12H16N4O/c1-12(2-3-12)15-11(7-17)8-4-13-6-10-9(8)5-14-16-10/h4-6,11,15,17H,2-3,7H2,1H3,(H,14,16). The Morgan fingerprint density at radius 1 is 1.47 bits per heavy atom. The predicted molar refractivity (Wildman–Crippen MR) is 64.5 cm³/mol. The lowest BCUT2D eigenvalue weighted by Crippen LogP contribution is -2.34. The van der Waals surface area contributed by atoms with E-state index in [1.165, 1.54) is 0 Å². The molecule has 90 valence electrons. The molecule has 1 saturated carbocycles.